The van der Waals surface area contributed by atoms with Crippen molar-refractivity contribution in [1.82, 2.24) is 0 Å². The number of hydrogen-bond acceptors (Lipinski definition) is 0. The SMILES string of the molecule is CC1CCCC2C1(C)CCC1C2(C)CCC2(C)C3CC(C)(C)CCC3(C)CCC12C. The van der Waals surface area contributed by atoms with Gasteiger partial charge < -0.3 is 0 Å². The van der Waals surface area contributed by atoms with Gasteiger partial charge in [0.2, 0.25) is 0 Å². The first-order valence-corrected chi connectivity index (χ1v) is 13.8. The van der Waals surface area contributed by atoms with Gasteiger partial charge in [0.1, 0.15) is 0 Å². The zero-order chi connectivity index (χ0) is 21.8. The maximum atomic E-state index is 2.81. The van der Waals surface area contributed by atoms with Gasteiger partial charge in [0, 0.05) is 0 Å². The van der Waals surface area contributed by atoms with E-state index in [9.17, 15) is 0 Å². The van der Waals surface area contributed by atoms with Gasteiger partial charge in [-0.25, -0.2) is 0 Å². The summed E-state index contributed by atoms with van der Waals surface area (Å²) in [5.41, 5.74) is 3.48. The highest BCUT2D eigenvalue weighted by atomic mass is 14.7. The molecule has 0 bridgehead atoms. The lowest BCUT2D eigenvalue weighted by Gasteiger charge is -2.75. The van der Waals surface area contributed by atoms with Crippen LogP contribution in [0.1, 0.15) is 132 Å². The molecule has 0 nitrogen and oxygen atoms in total. The predicted molar refractivity (Wildman–Crippen MR) is 129 cm³/mol. The highest BCUT2D eigenvalue weighted by Gasteiger charge is 2.70. The zero-order valence-corrected chi connectivity index (χ0v) is 21.8. The van der Waals surface area contributed by atoms with Gasteiger partial charge in [0.05, 0.1) is 0 Å². The molecule has 5 rings (SSSR count). The molecule has 0 aromatic heterocycles. The van der Waals surface area contributed by atoms with Gasteiger partial charge in [-0.15, -0.1) is 0 Å². The van der Waals surface area contributed by atoms with Gasteiger partial charge in [-0.3, -0.25) is 0 Å². The molecule has 0 amide bonds. The van der Waals surface area contributed by atoms with Crippen molar-refractivity contribution in [3.8, 4) is 0 Å². The third-order valence-electron chi connectivity index (χ3n) is 13.8. The van der Waals surface area contributed by atoms with Crippen LogP contribution in [0.3, 0.4) is 0 Å². The lowest BCUT2D eigenvalue weighted by atomic mass is 9.30. The third-order valence-corrected chi connectivity index (χ3v) is 13.8. The Labute approximate surface area is 188 Å². The number of hydrogen-bond donors (Lipinski definition) is 0. The minimum Gasteiger partial charge on any atom is -0.0620 e. The van der Waals surface area contributed by atoms with Crippen molar-refractivity contribution in [2.24, 2.45) is 56.2 Å². The Balaban J connectivity index is 1.55. The summed E-state index contributed by atoms with van der Waals surface area (Å²) in [4.78, 5) is 0. The standard InChI is InChI=1S/C30H52/c1-21-10-9-11-22-27(21,5)13-12-23-28(22,6)17-19-30(8)24-20-25(2,3)14-15-26(24,4)16-18-29(23,30)7/h21-24H,9-20H2,1-8H3. The van der Waals surface area contributed by atoms with Gasteiger partial charge in [-0.05, 0) is 120 Å². The van der Waals surface area contributed by atoms with E-state index < -0.39 is 0 Å². The summed E-state index contributed by atoms with van der Waals surface area (Å²) in [5.74, 6) is 3.81. The Morgan fingerprint density at radius 1 is 0.533 bits per heavy atom. The minimum atomic E-state index is 0.551. The van der Waals surface area contributed by atoms with E-state index in [2.05, 4.69) is 55.4 Å². The van der Waals surface area contributed by atoms with E-state index in [0.29, 0.717) is 32.5 Å². The smallest absolute Gasteiger partial charge is 0.0235 e. The van der Waals surface area contributed by atoms with Crippen LogP contribution >= 0.6 is 0 Å². The first-order valence-electron chi connectivity index (χ1n) is 13.8. The van der Waals surface area contributed by atoms with Crippen LogP contribution in [-0.2, 0) is 0 Å². The molecule has 0 heterocycles. The summed E-state index contributed by atoms with van der Waals surface area (Å²) in [6.07, 6.45) is 18.0. The highest BCUT2D eigenvalue weighted by molar-refractivity contribution is 5.19. The molecule has 0 radical (unpaired) electrons. The molecule has 9 atom stereocenters. The van der Waals surface area contributed by atoms with Crippen molar-refractivity contribution in [3.63, 3.8) is 0 Å². The van der Waals surface area contributed by atoms with Crippen molar-refractivity contribution in [2.45, 2.75) is 132 Å². The van der Waals surface area contributed by atoms with Crippen LogP contribution in [0, 0.1) is 56.2 Å². The molecule has 5 aliphatic rings. The molecule has 0 aromatic rings. The quantitative estimate of drug-likeness (QED) is 0.372. The Kier molecular flexibility index (Phi) is 4.59. The van der Waals surface area contributed by atoms with Crippen LogP contribution < -0.4 is 0 Å². The van der Waals surface area contributed by atoms with Gasteiger partial charge in [-0.1, -0.05) is 68.2 Å². The average molecular weight is 413 g/mol. The van der Waals surface area contributed by atoms with Gasteiger partial charge >= 0.3 is 0 Å². The van der Waals surface area contributed by atoms with Crippen LogP contribution in [0.15, 0.2) is 0 Å². The highest BCUT2D eigenvalue weighted by Crippen LogP contribution is 2.78. The average Bonchev–Trinajstić information content (AvgIpc) is 2.67. The molecular formula is C30H52. The van der Waals surface area contributed by atoms with Crippen LogP contribution in [0.5, 0.6) is 0 Å². The normalized spacial score (nSPS) is 60.0. The topological polar surface area (TPSA) is 0 Å². The first-order chi connectivity index (χ1) is 13.8. The molecular weight excluding hydrogens is 360 g/mol. The third kappa shape index (κ3) is 2.58. The van der Waals surface area contributed by atoms with E-state index in [1.165, 1.54) is 77.0 Å². The lowest BCUT2D eigenvalue weighted by molar-refractivity contribution is -0.258. The van der Waals surface area contributed by atoms with Crippen molar-refractivity contribution in [3.05, 3.63) is 0 Å². The van der Waals surface area contributed by atoms with Crippen molar-refractivity contribution in [1.29, 1.82) is 0 Å². The predicted octanol–water partition coefficient (Wildman–Crippen LogP) is 9.28. The first kappa shape index (κ1) is 21.8. The van der Waals surface area contributed by atoms with Crippen LogP contribution in [0.2, 0.25) is 0 Å². The number of rotatable bonds is 0. The van der Waals surface area contributed by atoms with E-state index >= 15 is 0 Å². The molecule has 0 saturated heterocycles. The van der Waals surface area contributed by atoms with Crippen LogP contribution in [0.25, 0.3) is 0 Å². The van der Waals surface area contributed by atoms with Crippen molar-refractivity contribution < 1.29 is 0 Å². The Bertz CT molecular complexity index is 705. The van der Waals surface area contributed by atoms with E-state index in [0.717, 1.165) is 23.7 Å². The van der Waals surface area contributed by atoms with Gasteiger partial charge in [-0.2, -0.15) is 0 Å². The molecule has 5 aliphatic carbocycles. The summed E-state index contributed by atoms with van der Waals surface area (Å²) >= 11 is 0. The molecule has 5 saturated carbocycles. The second-order valence-electron chi connectivity index (χ2n) is 15.4. The molecule has 30 heavy (non-hydrogen) atoms. The van der Waals surface area contributed by atoms with Crippen molar-refractivity contribution >= 4 is 0 Å². The van der Waals surface area contributed by atoms with E-state index in [1.807, 2.05) is 0 Å². The van der Waals surface area contributed by atoms with Crippen LogP contribution in [-0.4, -0.2) is 0 Å². The molecule has 9 unspecified atom stereocenters. The van der Waals surface area contributed by atoms with E-state index in [-0.39, 0.29) is 0 Å². The minimum absolute atomic E-state index is 0.551. The van der Waals surface area contributed by atoms with Gasteiger partial charge in [0.25, 0.3) is 0 Å². The fourth-order valence-electron chi connectivity index (χ4n) is 11.3. The maximum Gasteiger partial charge on any atom is -0.0235 e. The van der Waals surface area contributed by atoms with Crippen molar-refractivity contribution in [2.75, 3.05) is 0 Å². The summed E-state index contributed by atoms with van der Waals surface area (Å²) in [6, 6.07) is 0. The fourth-order valence-corrected chi connectivity index (χ4v) is 11.3. The summed E-state index contributed by atoms with van der Waals surface area (Å²) < 4.78 is 0. The maximum absolute atomic E-state index is 2.81. The summed E-state index contributed by atoms with van der Waals surface area (Å²) in [5, 5.41) is 0. The Morgan fingerprint density at radius 2 is 1.17 bits per heavy atom. The van der Waals surface area contributed by atoms with Gasteiger partial charge in [0.15, 0.2) is 0 Å². The van der Waals surface area contributed by atoms with Crippen LogP contribution in [0.4, 0.5) is 0 Å². The second-order valence-corrected chi connectivity index (χ2v) is 15.4. The Hall–Kier alpha value is 0. The summed E-state index contributed by atoms with van der Waals surface area (Å²) in [6.45, 7) is 21.6. The molecule has 0 heteroatoms. The largest absolute Gasteiger partial charge is 0.0620 e. The van der Waals surface area contributed by atoms with E-state index in [4.69, 9.17) is 0 Å². The second kappa shape index (κ2) is 6.32. The Morgan fingerprint density at radius 3 is 1.90 bits per heavy atom. The monoisotopic (exact) mass is 412 g/mol. The molecule has 172 valence electrons. The fraction of sp³-hybridized carbons (Fsp3) is 1.00. The molecule has 0 aliphatic heterocycles. The number of fused-ring (bicyclic) bond motifs is 7. The lowest BCUT2D eigenvalue weighted by Crippen LogP contribution is -2.67. The molecule has 0 N–H and O–H groups in total. The molecule has 5 fully saturated rings. The zero-order valence-electron chi connectivity index (χ0n) is 21.8. The summed E-state index contributed by atoms with van der Waals surface area (Å²) in [7, 11) is 0. The molecule has 0 aromatic carbocycles. The van der Waals surface area contributed by atoms with E-state index in [1.54, 1.807) is 0 Å². The molecule has 0 spiro atoms.